The van der Waals surface area contributed by atoms with Crippen LogP contribution in [0, 0.1) is 0 Å². The van der Waals surface area contributed by atoms with Crippen LogP contribution < -0.4 is 10.7 Å². The van der Waals surface area contributed by atoms with Gasteiger partial charge in [-0.1, -0.05) is 19.4 Å². The van der Waals surface area contributed by atoms with E-state index in [1.165, 1.54) is 0 Å². The molecule has 1 rings (SSSR count). The van der Waals surface area contributed by atoms with Gasteiger partial charge in [0.15, 0.2) is 0 Å². The normalized spacial score (nSPS) is 11.0. The molecule has 0 bridgehead atoms. The summed E-state index contributed by atoms with van der Waals surface area (Å²) in [7, 11) is 0. The van der Waals surface area contributed by atoms with E-state index in [9.17, 15) is 9.59 Å². The monoisotopic (exact) mass is 276 g/mol. The SMILES string of the molecule is CCCC/C(C)=N\NC(=O)C(=O)NCc1cccnc1. The number of unbranched alkanes of at least 4 members (excludes halogenated alkanes) is 1. The van der Waals surface area contributed by atoms with Gasteiger partial charge in [0.05, 0.1) is 0 Å². The van der Waals surface area contributed by atoms with Crippen molar-refractivity contribution in [3.8, 4) is 0 Å². The minimum atomic E-state index is -0.760. The number of pyridine rings is 1. The summed E-state index contributed by atoms with van der Waals surface area (Å²) < 4.78 is 0. The molecule has 0 saturated heterocycles. The van der Waals surface area contributed by atoms with E-state index in [1.54, 1.807) is 18.5 Å². The van der Waals surface area contributed by atoms with Gasteiger partial charge in [-0.05, 0) is 31.4 Å². The summed E-state index contributed by atoms with van der Waals surface area (Å²) in [6.07, 6.45) is 6.16. The molecule has 0 spiro atoms. The summed E-state index contributed by atoms with van der Waals surface area (Å²) in [6.45, 7) is 4.17. The van der Waals surface area contributed by atoms with Crippen molar-refractivity contribution in [3.05, 3.63) is 30.1 Å². The van der Waals surface area contributed by atoms with Crippen LogP contribution in [0.1, 0.15) is 38.7 Å². The first-order valence-corrected chi connectivity index (χ1v) is 6.63. The van der Waals surface area contributed by atoms with Gasteiger partial charge in [0.1, 0.15) is 0 Å². The number of carbonyl (C=O) groups excluding carboxylic acids is 2. The first-order chi connectivity index (χ1) is 9.63. The van der Waals surface area contributed by atoms with Crippen LogP contribution in [0.4, 0.5) is 0 Å². The average Bonchev–Trinajstić information content (AvgIpc) is 2.49. The standard InChI is InChI=1S/C14H20N4O2/c1-3-4-6-11(2)17-18-14(20)13(19)16-10-12-7-5-8-15-9-12/h5,7-9H,3-4,6,10H2,1-2H3,(H,16,19)(H,18,20)/b17-11-. The lowest BCUT2D eigenvalue weighted by molar-refractivity contribution is -0.139. The van der Waals surface area contributed by atoms with E-state index < -0.39 is 11.8 Å². The average molecular weight is 276 g/mol. The predicted molar refractivity (Wildman–Crippen MR) is 76.9 cm³/mol. The predicted octanol–water partition coefficient (Wildman–Crippen LogP) is 1.38. The van der Waals surface area contributed by atoms with Crippen molar-refractivity contribution in [2.75, 3.05) is 0 Å². The van der Waals surface area contributed by atoms with Crippen LogP contribution in [0.25, 0.3) is 0 Å². The first kappa shape index (κ1) is 15.8. The van der Waals surface area contributed by atoms with Gasteiger partial charge in [-0.15, -0.1) is 0 Å². The second kappa shape index (κ2) is 8.79. The zero-order chi connectivity index (χ0) is 14.8. The van der Waals surface area contributed by atoms with Crippen LogP contribution >= 0.6 is 0 Å². The third-order valence-electron chi connectivity index (χ3n) is 2.62. The van der Waals surface area contributed by atoms with Crippen molar-refractivity contribution < 1.29 is 9.59 Å². The number of nitrogens with one attached hydrogen (secondary N) is 2. The van der Waals surface area contributed by atoms with Crippen molar-refractivity contribution in [2.24, 2.45) is 5.10 Å². The molecular formula is C14H20N4O2. The summed E-state index contributed by atoms with van der Waals surface area (Å²) in [4.78, 5) is 26.9. The van der Waals surface area contributed by atoms with Crippen molar-refractivity contribution in [2.45, 2.75) is 39.7 Å². The van der Waals surface area contributed by atoms with Crippen molar-refractivity contribution >= 4 is 17.5 Å². The fraction of sp³-hybridized carbons (Fsp3) is 0.429. The maximum atomic E-state index is 11.5. The molecule has 1 heterocycles. The third-order valence-corrected chi connectivity index (χ3v) is 2.62. The van der Waals surface area contributed by atoms with Gasteiger partial charge in [-0.25, -0.2) is 5.43 Å². The smallest absolute Gasteiger partial charge is 0.329 e. The van der Waals surface area contributed by atoms with Gasteiger partial charge in [0.25, 0.3) is 0 Å². The molecule has 1 aromatic rings. The first-order valence-electron chi connectivity index (χ1n) is 6.63. The molecule has 0 atom stereocenters. The van der Waals surface area contributed by atoms with E-state index >= 15 is 0 Å². The Kier molecular flexibility index (Phi) is 6.95. The number of hydrogen-bond donors (Lipinski definition) is 2. The van der Waals surface area contributed by atoms with Crippen LogP contribution in [-0.4, -0.2) is 22.5 Å². The second-order valence-corrected chi connectivity index (χ2v) is 4.44. The van der Waals surface area contributed by atoms with E-state index in [4.69, 9.17) is 0 Å². The molecule has 0 radical (unpaired) electrons. The number of aromatic nitrogens is 1. The highest BCUT2D eigenvalue weighted by molar-refractivity contribution is 6.35. The molecule has 0 aliphatic carbocycles. The highest BCUT2D eigenvalue weighted by atomic mass is 16.2. The molecule has 2 N–H and O–H groups in total. The molecule has 2 amide bonds. The quantitative estimate of drug-likeness (QED) is 0.468. The molecule has 0 fully saturated rings. The summed E-state index contributed by atoms with van der Waals surface area (Å²) >= 11 is 0. The summed E-state index contributed by atoms with van der Waals surface area (Å²) in [5.74, 6) is -1.47. The van der Waals surface area contributed by atoms with Crippen LogP contribution in [0.15, 0.2) is 29.6 Å². The minimum Gasteiger partial charge on any atom is -0.344 e. The summed E-state index contributed by atoms with van der Waals surface area (Å²) in [5, 5.41) is 6.39. The molecule has 0 aromatic carbocycles. The number of hydrazone groups is 1. The second-order valence-electron chi connectivity index (χ2n) is 4.44. The molecule has 6 nitrogen and oxygen atoms in total. The maximum absolute atomic E-state index is 11.5. The lowest BCUT2D eigenvalue weighted by atomic mass is 10.2. The maximum Gasteiger partial charge on any atom is 0.329 e. The molecule has 0 aliphatic heterocycles. The topological polar surface area (TPSA) is 83.5 Å². The number of amides is 2. The Bertz CT molecular complexity index is 471. The molecule has 0 aliphatic rings. The van der Waals surface area contributed by atoms with Gasteiger partial charge in [0.2, 0.25) is 0 Å². The Hall–Kier alpha value is -2.24. The lowest BCUT2D eigenvalue weighted by Gasteiger charge is -2.04. The van der Waals surface area contributed by atoms with Gasteiger partial charge in [0, 0.05) is 24.7 Å². The Labute approximate surface area is 118 Å². The van der Waals surface area contributed by atoms with Crippen LogP contribution in [0.3, 0.4) is 0 Å². The Balaban J connectivity index is 2.34. The third kappa shape index (κ3) is 6.08. The molecule has 0 unspecified atom stereocenters. The van der Waals surface area contributed by atoms with Crippen molar-refractivity contribution in [3.63, 3.8) is 0 Å². The Morgan fingerprint density at radius 3 is 2.80 bits per heavy atom. The zero-order valence-electron chi connectivity index (χ0n) is 11.8. The van der Waals surface area contributed by atoms with Gasteiger partial charge in [-0.2, -0.15) is 5.10 Å². The lowest BCUT2D eigenvalue weighted by Crippen LogP contribution is -2.37. The molecule has 0 saturated carbocycles. The van der Waals surface area contributed by atoms with Gasteiger partial charge >= 0.3 is 11.8 Å². The summed E-state index contributed by atoms with van der Waals surface area (Å²) in [6, 6.07) is 3.58. The van der Waals surface area contributed by atoms with Crippen molar-refractivity contribution in [1.29, 1.82) is 0 Å². The van der Waals surface area contributed by atoms with Crippen LogP contribution in [-0.2, 0) is 16.1 Å². The van der Waals surface area contributed by atoms with E-state index in [2.05, 4.69) is 27.8 Å². The molecule has 108 valence electrons. The number of hydrogen-bond acceptors (Lipinski definition) is 4. The largest absolute Gasteiger partial charge is 0.344 e. The van der Waals surface area contributed by atoms with E-state index in [0.29, 0.717) is 0 Å². The minimum absolute atomic E-state index is 0.263. The van der Waals surface area contributed by atoms with E-state index in [-0.39, 0.29) is 6.54 Å². The van der Waals surface area contributed by atoms with Crippen LogP contribution in [0.5, 0.6) is 0 Å². The fourth-order valence-corrected chi connectivity index (χ4v) is 1.45. The zero-order valence-corrected chi connectivity index (χ0v) is 11.8. The molecule has 6 heteroatoms. The van der Waals surface area contributed by atoms with E-state index in [0.717, 1.165) is 30.5 Å². The molecular weight excluding hydrogens is 256 g/mol. The van der Waals surface area contributed by atoms with Crippen LogP contribution in [0.2, 0.25) is 0 Å². The highest BCUT2D eigenvalue weighted by Crippen LogP contribution is 1.96. The molecule has 1 aromatic heterocycles. The highest BCUT2D eigenvalue weighted by Gasteiger charge is 2.12. The van der Waals surface area contributed by atoms with Crippen molar-refractivity contribution in [1.82, 2.24) is 15.7 Å². The Morgan fingerprint density at radius 1 is 1.35 bits per heavy atom. The fourth-order valence-electron chi connectivity index (χ4n) is 1.45. The summed E-state index contributed by atoms with van der Waals surface area (Å²) in [5.41, 5.74) is 3.88. The van der Waals surface area contributed by atoms with E-state index in [1.807, 2.05) is 13.0 Å². The number of nitrogens with zero attached hydrogens (tertiary/aromatic N) is 2. The van der Waals surface area contributed by atoms with Gasteiger partial charge < -0.3 is 5.32 Å². The van der Waals surface area contributed by atoms with Gasteiger partial charge in [-0.3, -0.25) is 14.6 Å². The number of carbonyl (C=O) groups is 2. The Morgan fingerprint density at radius 2 is 2.15 bits per heavy atom. The molecule has 20 heavy (non-hydrogen) atoms. The number of rotatable bonds is 6.